The van der Waals surface area contributed by atoms with Gasteiger partial charge in [0.2, 0.25) is 5.88 Å². The van der Waals surface area contributed by atoms with Crippen LogP contribution in [0.25, 0.3) is 10.3 Å². The van der Waals surface area contributed by atoms with Gasteiger partial charge >= 0.3 is 0 Å². The molecule has 0 unspecified atom stereocenters. The maximum atomic E-state index is 6.00. The second-order valence-corrected chi connectivity index (χ2v) is 8.91. The molecule has 0 aliphatic carbocycles. The summed E-state index contributed by atoms with van der Waals surface area (Å²) in [5, 5.41) is 1.07. The maximum Gasteiger partial charge on any atom is 0.216 e. The lowest BCUT2D eigenvalue weighted by Crippen LogP contribution is -2.39. The molecule has 148 valence electrons. The summed E-state index contributed by atoms with van der Waals surface area (Å²) in [6, 6.07) is 6.49. The van der Waals surface area contributed by atoms with Gasteiger partial charge in [-0.25, -0.2) is 15.0 Å². The molecule has 0 bridgehead atoms. The molecule has 7 heteroatoms. The van der Waals surface area contributed by atoms with Gasteiger partial charge in [0.25, 0.3) is 0 Å². The highest BCUT2D eigenvalue weighted by Crippen LogP contribution is 2.28. The third kappa shape index (κ3) is 4.31. The standard InChI is InChI=1S/C21H27N5OS/c1-13-10-20(23-15(3)22-13)27-12-17-6-5-9-26(11-17)14(2)18-7-8-19-21(25-18)24-16(4)28-19/h7-8,10,14,17H,5-6,9,11-12H2,1-4H3/t14-,17-/m0/s1. The molecule has 4 rings (SSSR count). The van der Waals surface area contributed by atoms with Crippen molar-refractivity contribution >= 4 is 21.7 Å². The molecule has 1 fully saturated rings. The average molecular weight is 398 g/mol. The summed E-state index contributed by atoms with van der Waals surface area (Å²) in [6.07, 6.45) is 2.36. The number of ether oxygens (including phenoxy) is 1. The van der Waals surface area contributed by atoms with Crippen LogP contribution in [-0.4, -0.2) is 44.5 Å². The summed E-state index contributed by atoms with van der Waals surface area (Å²) in [5.74, 6) is 1.94. The number of nitrogens with zero attached hydrogens (tertiary/aromatic N) is 5. The summed E-state index contributed by atoms with van der Waals surface area (Å²) < 4.78 is 7.16. The van der Waals surface area contributed by atoms with Crippen molar-refractivity contribution < 1.29 is 4.74 Å². The minimum absolute atomic E-state index is 0.276. The van der Waals surface area contributed by atoms with Gasteiger partial charge in [-0.15, -0.1) is 11.3 Å². The van der Waals surface area contributed by atoms with Gasteiger partial charge in [0.05, 0.1) is 22.0 Å². The van der Waals surface area contributed by atoms with Crippen molar-refractivity contribution in [2.45, 2.75) is 46.6 Å². The summed E-state index contributed by atoms with van der Waals surface area (Å²) in [7, 11) is 0. The minimum atomic E-state index is 0.276. The molecule has 0 radical (unpaired) electrons. The van der Waals surface area contributed by atoms with Crippen molar-refractivity contribution in [3.8, 4) is 5.88 Å². The second-order valence-electron chi connectivity index (χ2n) is 7.68. The fourth-order valence-corrected chi connectivity index (χ4v) is 4.68. The van der Waals surface area contributed by atoms with E-state index in [0.717, 1.165) is 45.7 Å². The molecule has 2 atom stereocenters. The van der Waals surface area contributed by atoms with E-state index in [2.05, 4.69) is 38.9 Å². The van der Waals surface area contributed by atoms with Crippen molar-refractivity contribution in [3.63, 3.8) is 0 Å². The van der Waals surface area contributed by atoms with Gasteiger partial charge in [-0.05, 0) is 59.2 Å². The van der Waals surface area contributed by atoms with Crippen LogP contribution in [0.15, 0.2) is 18.2 Å². The van der Waals surface area contributed by atoms with Crippen LogP contribution in [0.4, 0.5) is 0 Å². The number of piperidine rings is 1. The fraction of sp³-hybridized carbons (Fsp3) is 0.524. The number of rotatable bonds is 5. The molecule has 0 spiro atoms. The Kier molecular flexibility index (Phi) is 5.55. The summed E-state index contributed by atoms with van der Waals surface area (Å²) in [5.41, 5.74) is 2.92. The van der Waals surface area contributed by atoms with Gasteiger partial charge in [0.15, 0.2) is 5.65 Å². The highest BCUT2D eigenvalue weighted by molar-refractivity contribution is 7.18. The van der Waals surface area contributed by atoms with Crippen molar-refractivity contribution in [1.29, 1.82) is 0 Å². The predicted octanol–water partition coefficient (Wildman–Crippen LogP) is 4.26. The van der Waals surface area contributed by atoms with Crippen LogP contribution in [-0.2, 0) is 0 Å². The Bertz CT molecular complexity index is 952. The van der Waals surface area contributed by atoms with Crippen LogP contribution < -0.4 is 4.74 Å². The molecule has 3 aromatic heterocycles. The van der Waals surface area contributed by atoms with E-state index in [1.807, 2.05) is 26.8 Å². The number of hydrogen-bond donors (Lipinski definition) is 0. The Morgan fingerprint density at radius 2 is 2.04 bits per heavy atom. The monoisotopic (exact) mass is 397 g/mol. The Balaban J connectivity index is 1.40. The molecule has 3 aromatic rings. The number of pyridine rings is 1. The number of aromatic nitrogens is 4. The van der Waals surface area contributed by atoms with Gasteiger partial charge in [-0.2, -0.15) is 4.98 Å². The molecule has 0 saturated carbocycles. The second kappa shape index (κ2) is 8.09. The van der Waals surface area contributed by atoms with Gasteiger partial charge in [0, 0.05) is 30.3 Å². The zero-order valence-electron chi connectivity index (χ0n) is 17.0. The minimum Gasteiger partial charge on any atom is -0.477 e. The summed E-state index contributed by atoms with van der Waals surface area (Å²) in [6.45, 7) is 11.0. The lowest BCUT2D eigenvalue weighted by atomic mass is 9.97. The molecule has 4 heterocycles. The topological polar surface area (TPSA) is 64.0 Å². The quantitative estimate of drug-likeness (QED) is 0.641. The van der Waals surface area contributed by atoms with Crippen LogP contribution in [0.1, 0.15) is 48.0 Å². The lowest BCUT2D eigenvalue weighted by molar-refractivity contribution is 0.0978. The van der Waals surface area contributed by atoms with Gasteiger partial charge in [-0.1, -0.05) is 0 Å². The molecule has 0 aromatic carbocycles. The molecule has 1 saturated heterocycles. The van der Waals surface area contributed by atoms with Crippen molar-refractivity contribution in [2.75, 3.05) is 19.7 Å². The maximum absolute atomic E-state index is 6.00. The van der Waals surface area contributed by atoms with Crippen molar-refractivity contribution in [3.05, 3.63) is 40.4 Å². The van der Waals surface area contributed by atoms with Crippen LogP contribution >= 0.6 is 11.3 Å². The van der Waals surface area contributed by atoms with Gasteiger partial charge in [0.1, 0.15) is 5.82 Å². The molecule has 0 N–H and O–H groups in total. The third-order valence-electron chi connectivity index (χ3n) is 5.32. The van der Waals surface area contributed by atoms with Crippen molar-refractivity contribution in [2.24, 2.45) is 5.92 Å². The molecule has 28 heavy (non-hydrogen) atoms. The molecule has 1 aliphatic heterocycles. The van der Waals surface area contributed by atoms with Crippen LogP contribution in [0, 0.1) is 26.7 Å². The molecule has 0 amide bonds. The number of hydrogen-bond acceptors (Lipinski definition) is 7. The van der Waals surface area contributed by atoms with E-state index in [-0.39, 0.29) is 6.04 Å². The normalized spacial score (nSPS) is 19.1. The Labute approximate surface area is 170 Å². The number of aryl methyl sites for hydroxylation is 3. The van der Waals surface area contributed by atoms with E-state index >= 15 is 0 Å². The van der Waals surface area contributed by atoms with Crippen molar-refractivity contribution in [1.82, 2.24) is 24.8 Å². The zero-order valence-corrected chi connectivity index (χ0v) is 17.8. The molecule has 1 aliphatic rings. The Hall–Kier alpha value is -2.12. The fourth-order valence-electron chi connectivity index (χ4n) is 3.91. The number of thiazole rings is 1. The van der Waals surface area contributed by atoms with E-state index in [1.54, 1.807) is 11.3 Å². The first-order valence-electron chi connectivity index (χ1n) is 9.91. The number of fused-ring (bicyclic) bond motifs is 1. The third-order valence-corrected chi connectivity index (χ3v) is 6.24. The van der Waals surface area contributed by atoms with Gasteiger partial charge < -0.3 is 4.74 Å². The highest BCUT2D eigenvalue weighted by Gasteiger charge is 2.26. The number of likely N-dealkylation sites (tertiary alicyclic amines) is 1. The Morgan fingerprint density at radius 3 is 2.86 bits per heavy atom. The van der Waals surface area contributed by atoms with Crippen LogP contribution in [0.3, 0.4) is 0 Å². The van der Waals surface area contributed by atoms with E-state index in [4.69, 9.17) is 9.72 Å². The average Bonchev–Trinajstić information content (AvgIpc) is 3.04. The highest BCUT2D eigenvalue weighted by atomic mass is 32.1. The first kappa shape index (κ1) is 19.2. The van der Waals surface area contributed by atoms with E-state index < -0.39 is 0 Å². The first-order chi connectivity index (χ1) is 13.5. The molecular weight excluding hydrogens is 370 g/mol. The summed E-state index contributed by atoms with van der Waals surface area (Å²) >= 11 is 1.70. The van der Waals surface area contributed by atoms with Crippen LogP contribution in [0.2, 0.25) is 0 Å². The van der Waals surface area contributed by atoms with E-state index in [0.29, 0.717) is 18.4 Å². The smallest absolute Gasteiger partial charge is 0.216 e. The van der Waals surface area contributed by atoms with Crippen LogP contribution in [0.5, 0.6) is 5.88 Å². The Morgan fingerprint density at radius 1 is 1.18 bits per heavy atom. The summed E-state index contributed by atoms with van der Waals surface area (Å²) in [4.78, 5) is 20.6. The lowest BCUT2D eigenvalue weighted by Gasteiger charge is -2.36. The van der Waals surface area contributed by atoms with E-state index in [1.165, 1.54) is 12.8 Å². The SMILES string of the molecule is Cc1cc(OC[C@H]2CCCN([C@@H](C)c3ccc4sc(C)nc4n3)C2)nc(C)n1. The molecule has 6 nitrogen and oxygen atoms in total. The van der Waals surface area contributed by atoms with E-state index in [9.17, 15) is 0 Å². The predicted molar refractivity (Wildman–Crippen MR) is 112 cm³/mol. The van der Waals surface area contributed by atoms with Gasteiger partial charge in [-0.3, -0.25) is 4.90 Å². The zero-order chi connectivity index (χ0) is 19.7. The largest absolute Gasteiger partial charge is 0.477 e. The first-order valence-corrected chi connectivity index (χ1v) is 10.7. The molecular formula is C21H27N5OS.